The number of halogens is 2. The fraction of sp³-hybridized carbons (Fsp3) is 0.214. The molecule has 0 aliphatic carbocycles. The fourth-order valence-electron chi connectivity index (χ4n) is 4.50. The number of nitrogens with one attached hydrogen (secondary N) is 1. The summed E-state index contributed by atoms with van der Waals surface area (Å²) in [5.74, 6) is 1.04. The molecule has 3 aromatic carbocycles. The molecule has 4 nitrogen and oxygen atoms in total. The van der Waals surface area contributed by atoms with E-state index >= 15 is 0 Å². The van der Waals surface area contributed by atoms with Crippen molar-refractivity contribution in [2.24, 2.45) is 0 Å². The number of carbonyl (C=O) groups excluding carboxylic acids is 1. The van der Waals surface area contributed by atoms with E-state index in [9.17, 15) is 4.79 Å². The van der Waals surface area contributed by atoms with E-state index in [2.05, 4.69) is 65.5 Å². The molecule has 34 heavy (non-hydrogen) atoms. The summed E-state index contributed by atoms with van der Waals surface area (Å²) in [6.07, 6.45) is 4.49. The summed E-state index contributed by atoms with van der Waals surface area (Å²) in [7, 11) is 0. The van der Waals surface area contributed by atoms with Crippen LogP contribution in [-0.4, -0.2) is 15.5 Å². The Morgan fingerprint density at radius 2 is 1.88 bits per heavy atom. The molecule has 0 fully saturated rings. The van der Waals surface area contributed by atoms with Gasteiger partial charge in [-0.05, 0) is 47.7 Å². The van der Waals surface area contributed by atoms with Crippen molar-refractivity contribution in [1.29, 1.82) is 0 Å². The number of amides is 1. The van der Waals surface area contributed by atoms with Crippen molar-refractivity contribution in [3.05, 3.63) is 99.4 Å². The lowest BCUT2D eigenvalue weighted by Crippen LogP contribution is -2.25. The molecular formula is C28H25Cl2N3O. The molecule has 4 aromatic rings. The van der Waals surface area contributed by atoms with E-state index in [1.165, 1.54) is 5.56 Å². The number of nitrogens with zero attached hydrogens (tertiary/aromatic N) is 2. The molecule has 1 aliphatic heterocycles. The highest BCUT2D eigenvalue weighted by Crippen LogP contribution is 2.31. The normalized spacial score (nSPS) is 12.6. The standard InChI is InChI=1S/C28H25Cl2N3O/c1-18-5-2-6-19(13-18)23-11-10-20(25-17-33-12-4-9-26(33)32-25)14-22(23)16-31-27(34)15-21-7-3-8-24(29)28(21)30/h2-3,5-8,10-11,13-14,17H,4,9,12,15-16H2,1H3,(H,31,34). The van der Waals surface area contributed by atoms with Gasteiger partial charge in [0.25, 0.3) is 0 Å². The van der Waals surface area contributed by atoms with Crippen LogP contribution in [0.25, 0.3) is 22.4 Å². The van der Waals surface area contributed by atoms with Crippen molar-refractivity contribution in [3.63, 3.8) is 0 Å². The van der Waals surface area contributed by atoms with Crippen molar-refractivity contribution in [2.45, 2.75) is 39.3 Å². The summed E-state index contributed by atoms with van der Waals surface area (Å²) >= 11 is 12.4. The second kappa shape index (κ2) is 9.65. The van der Waals surface area contributed by atoms with Crippen LogP contribution >= 0.6 is 23.2 Å². The Hall–Kier alpha value is -3.08. The predicted octanol–water partition coefficient (Wildman–Crippen LogP) is 6.64. The molecule has 172 valence electrons. The second-order valence-corrected chi connectivity index (χ2v) is 9.53. The highest BCUT2D eigenvalue weighted by molar-refractivity contribution is 6.42. The molecule has 0 spiro atoms. The number of rotatable bonds is 6. The second-order valence-electron chi connectivity index (χ2n) is 8.75. The van der Waals surface area contributed by atoms with Crippen LogP contribution < -0.4 is 5.32 Å². The van der Waals surface area contributed by atoms with Crippen LogP contribution in [0.2, 0.25) is 10.0 Å². The summed E-state index contributed by atoms with van der Waals surface area (Å²) in [5.41, 5.74) is 7.21. The van der Waals surface area contributed by atoms with E-state index in [4.69, 9.17) is 28.2 Å². The van der Waals surface area contributed by atoms with Crippen LogP contribution in [0, 0.1) is 6.92 Å². The SMILES string of the molecule is Cc1cccc(-c2ccc(-c3cn4c(n3)CCC4)cc2CNC(=O)Cc2cccc(Cl)c2Cl)c1. The highest BCUT2D eigenvalue weighted by Gasteiger charge is 2.17. The third-order valence-corrected chi connectivity index (χ3v) is 7.11. The largest absolute Gasteiger partial charge is 0.352 e. The third kappa shape index (κ3) is 4.75. The summed E-state index contributed by atoms with van der Waals surface area (Å²) in [4.78, 5) is 17.6. The monoisotopic (exact) mass is 489 g/mol. The minimum Gasteiger partial charge on any atom is -0.352 e. The molecular weight excluding hydrogens is 465 g/mol. The smallest absolute Gasteiger partial charge is 0.224 e. The average molecular weight is 490 g/mol. The molecule has 0 atom stereocenters. The van der Waals surface area contributed by atoms with Crippen LogP contribution in [0.4, 0.5) is 0 Å². The summed E-state index contributed by atoms with van der Waals surface area (Å²) in [5, 5.41) is 3.95. The van der Waals surface area contributed by atoms with E-state index in [0.29, 0.717) is 22.2 Å². The zero-order valence-corrected chi connectivity index (χ0v) is 20.5. The van der Waals surface area contributed by atoms with Gasteiger partial charge in [-0.1, -0.05) is 77.3 Å². The topological polar surface area (TPSA) is 46.9 Å². The van der Waals surface area contributed by atoms with Gasteiger partial charge < -0.3 is 9.88 Å². The Kier molecular flexibility index (Phi) is 6.44. The van der Waals surface area contributed by atoms with Gasteiger partial charge >= 0.3 is 0 Å². The van der Waals surface area contributed by atoms with Crippen molar-refractivity contribution in [1.82, 2.24) is 14.9 Å². The first-order chi connectivity index (χ1) is 16.5. The van der Waals surface area contributed by atoms with Crippen LogP contribution in [-0.2, 0) is 30.7 Å². The number of imidazole rings is 1. The van der Waals surface area contributed by atoms with Crippen LogP contribution in [0.15, 0.2) is 66.9 Å². The number of carbonyl (C=O) groups is 1. The number of aryl methyl sites for hydroxylation is 3. The third-order valence-electron chi connectivity index (χ3n) is 6.25. The Morgan fingerprint density at radius 1 is 1.03 bits per heavy atom. The van der Waals surface area contributed by atoms with Gasteiger partial charge in [-0.25, -0.2) is 4.98 Å². The summed E-state index contributed by atoms with van der Waals surface area (Å²) in [6, 6.07) is 20.1. The Labute approximate surface area is 209 Å². The summed E-state index contributed by atoms with van der Waals surface area (Å²) < 4.78 is 2.24. The molecule has 0 bridgehead atoms. The van der Waals surface area contributed by atoms with Gasteiger partial charge in [-0.2, -0.15) is 0 Å². The number of hydrogen-bond acceptors (Lipinski definition) is 2. The number of hydrogen-bond donors (Lipinski definition) is 1. The molecule has 0 saturated heterocycles. The van der Waals surface area contributed by atoms with E-state index < -0.39 is 0 Å². The first-order valence-corrected chi connectivity index (χ1v) is 12.2. The van der Waals surface area contributed by atoms with E-state index in [-0.39, 0.29) is 12.3 Å². The average Bonchev–Trinajstić information content (AvgIpc) is 3.43. The van der Waals surface area contributed by atoms with Crippen molar-refractivity contribution >= 4 is 29.1 Å². The first-order valence-electron chi connectivity index (χ1n) is 11.4. The van der Waals surface area contributed by atoms with Crippen molar-refractivity contribution in [3.8, 4) is 22.4 Å². The Bertz CT molecular complexity index is 1350. The van der Waals surface area contributed by atoms with Gasteiger partial charge in [0.1, 0.15) is 5.82 Å². The van der Waals surface area contributed by atoms with E-state index in [1.54, 1.807) is 12.1 Å². The molecule has 0 radical (unpaired) electrons. The molecule has 0 unspecified atom stereocenters. The predicted molar refractivity (Wildman–Crippen MR) is 138 cm³/mol. The zero-order valence-electron chi connectivity index (χ0n) is 18.9. The zero-order chi connectivity index (χ0) is 23.7. The molecule has 6 heteroatoms. The Balaban J connectivity index is 1.43. The molecule has 1 N–H and O–H groups in total. The number of fused-ring (bicyclic) bond motifs is 1. The first kappa shape index (κ1) is 22.7. The minimum absolute atomic E-state index is 0.106. The maximum Gasteiger partial charge on any atom is 0.224 e. The summed E-state index contributed by atoms with van der Waals surface area (Å²) in [6.45, 7) is 3.51. The molecule has 1 amide bonds. The van der Waals surface area contributed by atoms with Gasteiger partial charge in [-0.15, -0.1) is 0 Å². The number of aromatic nitrogens is 2. The van der Waals surface area contributed by atoms with Crippen molar-refractivity contribution < 1.29 is 4.79 Å². The lowest BCUT2D eigenvalue weighted by Gasteiger charge is -2.14. The Morgan fingerprint density at radius 3 is 2.71 bits per heavy atom. The maximum absolute atomic E-state index is 12.8. The maximum atomic E-state index is 12.8. The van der Waals surface area contributed by atoms with Gasteiger partial charge in [-0.3, -0.25) is 4.79 Å². The molecule has 0 saturated carbocycles. The van der Waals surface area contributed by atoms with Gasteiger partial charge in [0, 0.05) is 31.3 Å². The minimum atomic E-state index is -0.106. The molecule has 2 heterocycles. The quantitative estimate of drug-likeness (QED) is 0.330. The van der Waals surface area contributed by atoms with E-state index in [1.807, 2.05) is 6.07 Å². The van der Waals surface area contributed by atoms with Gasteiger partial charge in [0.05, 0.1) is 22.2 Å². The van der Waals surface area contributed by atoms with E-state index in [0.717, 1.165) is 53.2 Å². The van der Waals surface area contributed by atoms with Gasteiger partial charge in [0.15, 0.2) is 0 Å². The lowest BCUT2D eigenvalue weighted by atomic mass is 9.95. The van der Waals surface area contributed by atoms with Gasteiger partial charge in [0.2, 0.25) is 5.91 Å². The number of benzene rings is 3. The van der Waals surface area contributed by atoms with Crippen molar-refractivity contribution in [2.75, 3.05) is 0 Å². The van der Waals surface area contributed by atoms with Crippen LogP contribution in [0.3, 0.4) is 0 Å². The highest BCUT2D eigenvalue weighted by atomic mass is 35.5. The molecule has 1 aliphatic rings. The molecule has 5 rings (SSSR count). The molecule has 1 aromatic heterocycles. The van der Waals surface area contributed by atoms with Crippen LogP contribution in [0.5, 0.6) is 0 Å². The fourth-order valence-corrected chi connectivity index (χ4v) is 4.89. The lowest BCUT2D eigenvalue weighted by molar-refractivity contribution is -0.120. The van der Waals surface area contributed by atoms with Crippen LogP contribution in [0.1, 0.15) is 28.9 Å².